The second-order valence-electron chi connectivity index (χ2n) is 6.65. The van der Waals surface area contributed by atoms with Gasteiger partial charge in [0.15, 0.2) is 0 Å². The maximum absolute atomic E-state index is 12.2. The molecule has 0 spiro atoms. The number of piperazine rings is 1. The number of amides is 1. The third-order valence-corrected chi connectivity index (χ3v) is 4.93. The summed E-state index contributed by atoms with van der Waals surface area (Å²) in [4.78, 5) is 16.7. The van der Waals surface area contributed by atoms with Crippen LogP contribution in [-0.2, 0) is 11.2 Å². The van der Waals surface area contributed by atoms with Crippen molar-refractivity contribution in [1.29, 1.82) is 0 Å². The molecule has 2 aromatic rings. The monoisotopic (exact) mass is 444 g/mol. The molecule has 2 aromatic carbocycles. The Morgan fingerprint density at radius 1 is 0.929 bits per heavy atom. The lowest BCUT2D eigenvalue weighted by atomic mass is 10.2. The van der Waals surface area contributed by atoms with Gasteiger partial charge in [0, 0.05) is 49.8 Å². The first-order chi connectivity index (χ1) is 12.3. The average molecular weight is 446 g/mol. The maximum atomic E-state index is 12.2. The van der Waals surface area contributed by atoms with Crippen LogP contribution < -0.4 is 15.5 Å². The summed E-state index contributed by atoms with van der Waals surface area (Å²) < 4.78 is 0. The van der Waals surface area contributed by atoms with Crippen molar-refractivity contribution in [2.45, 2.75) is 6.42 Å². The Morgan fingerprint density at radius 2 is 1.61 bits per heavy atom. The van der Waals surface area contributed by atoms with Gasteiger partial charge >= 0.3 is 0 Å². The van der Waals surface area contributed by atoms with E-state index in [0.29, 0.717) is 6.54 Å². The minimum absolute atomic E-state index is 0. The molecule has 0 unspecified atom stereocenters. The van der Waals surface area contributed by atoms with Crippen LogP contribution in [0.15, 0.2) is 48.5 Å². The number of halogens is 3. The number of nitrogens with zero attached hydrogens (tertiary/aromatic N) is 2. The molecule has 0 atom stereocenters. The van der Waals surface area contributed by atoms with Crippen LogP contribution in [0.4, 0.5) is 17.1 Å². The SMILES string of the molecule is Cl.Cl.Cl.O=C(CN1CCNCC1)Nc1ccc(N2CCc3ccccc32)cc1. The predicted octanol–water partition coefficient (Wildman–Crippen LogP) is 3.49. The van der Waals surface area contributed by atoms with E-state index in [0.717, 1.165) is 44.8 Å². The fourth-order valence-electron chi connectivity index (χ4n) is 3.60. The number of carbonyl (C=O) groups excluding carboxylic acids is 1. The van der Waals surface area contributed by atoms with Crippen molar-refractivity contribution in [3.05, 3.63) is 54.1 Å². The Labute approximate surface area is 185 Å². The molecule has 2 aliphatic heterocycles. The van der Waals surface area contributed by atoms with Crippen LogP contribution in [0.25, 0.3) is 0 Å². The van der Waals surface area contributed by atoms with E-state index < -0.39 is 0 Å². The molecule has 8 heteroatoms. The van der Waals surface area contributed by atoms with Gasteiger partial charge in [-0.25, -0.2) is 0 Å². The molecule has 1 amide bonds. The van der Waals surface area contributed by atoms with Crippen molar-refractivity contribution in [3.63, 3.8) is 0 Å². The molecule has 0 aromatic heterocycles. The largest absolute Gasteiger partial charge is 0.341 e. The minimum atomic E-state index is 0. The van der Waals surface area contributed by atoms with Crippen LogP contribution in [0.1, 0.15) is 5.56 Å². The number of fused-ring (bicyclic) bond motifs is 1. The zero-order valence-electron chi connectivity index (χ0n) is 15.6. The smallest absolute Gasteiger partial charge is 0.238 e. The van der Waals surface area contributed by atoms with Crippen molar-refractivity contribution in [1.82, 2.24) is 10.2 Å². The standard InChI is InChI=1S/C20H24N4O.3ClH/c25-20(15-23-13-10-21-11-14-23)22-17-5-7-18(8-6-17)24-12-9-16-3-1-2-4-19(16)24;;;/h1-8,21H,9-15H2,(H,22,25);3*1H. The normalized spacial score (nSPS) is 15.5. The summed E-state index contributed by atoms with van der Waals surface area (Å²) >= 11 is 0. The number of carbonyl (C=O) groups is 1. The molecule has 1 fully saturated rings. The van der Waals surface area contributed by atoms with E-state index in [1.165, 1.54) is 16.9 Å². The Kier molecular flexibility index (Phi) is 10.1. The Balaban J connectivity index is 0.00000131. The van der Waals surface area contributed by atoms with Gasteiger partial charge in [-0.2, -0.15) is 0 Å². The zero-order valence-corrected chi connectivity index (χ0v) is 18.0. The van der Waals surface area contributed by atoms with E-state index in [9.17, 15) is 4.79 Å². The highest BCUT2D eigenvalue weighted by atomic mass is 35.5. The lowest BCUT2D eigenvalue weighted by Crippen LogP contribution is -2.46. The van der Waals surface area contributed by atoms with Gasteiger partial charge in [0.25, 0.3) is 0 Å². The van der Waals surface area contributed by atoms with E-state index in [2.05, 4.69) is 56.8 Å². The molecule has 28 heavy (non-hydrogen) atoms. The second kappa shape index (κ2) is 11.5. The molecule has 0 saturated carbocycles. The first kappa shape index (κ1) is 24.5. The summed E-state index contributed by atoms with van der Waals surface area (Å²) in [5, 5.41) is 6.31. The number of hydrogen-bond donors (Lipinski definition) is 2. The van der Waals surface area contributed by atoms with E-state index in [1.807, 2.05) is 12.1 Å². The minimum Gasteiger partial charge on any atom is -0.341 e. The topological polar surface area (TPSA) is 47.6 Å². The summed E-state index contributed by atoms with van der Waals surface area (Å²) in [6.07, 6.45) is 1.08. The summed E-state index contributed by atoms with van der Waals surface area (Å²) in [6, 6.07) is 16.7. The van der Waals surface area contributed by atoms with Crippen molar-refractivity contribution in [3.8, 4) is 0 Å². The molecule has 4 rings (SSSR count). The van der Waals surface area contributed by atoms with Crippen LogP contribution in [0, 0.1) is 0 Å². The van der Waals surface area contributed by atoms with Crippen molar-refractivity contribution >= 4 is 60.2 Å². The van der Waals surface area contributed by atoms with Gasteiger partial charge < -0.3 is 15.5 Å². The maximum Gasteiger partial charge on any atom is 0.238 e. The highest BCUT2D eigenvalue weighted by Gasteiger charge is 2.19. The number of benzene rings is 2. The fraction of sp³-hybridized carbons (Fsp3) is 0.350. The quantitative estimate of drug-likeness (QED) is 0.756. The van der Waals surface area contributed by atoms with Gasteiger partial charge in [-0.15, -0.1) is 37.2 Å². The van der Waals surface area contributed by atoms with Crippen LogP contribution in [0.3, 0.4) is 0 Å². The summed E-state index contributed by atoms with van der Waals surface area (Å²) in [5.74, 6) is 0.0566. The lowest BCUT2D eigenvalue weighted by Gasteiger charge is -2.26. The van der Waals surface area contributed by atoms with E-state index in [1.54, 1.807) is 0 Å². The zero-order chi connectivity index (χ0) is 17.1. The van der Waals surface area contributed by atoms with Crippen LogP contribution in [0.5, 0.6) is 0 Å². The molecular weight excluding hydrogens is 419 g/mol. The van der Waals surface area contributed by atoms with Gasteiger partial charge in [-0.1, -0.05) is 18.2 Å². The van der Waals surface area contributed by atoms with E-state index >= 15 is 0 Å². The molecule has 0 radical (unpaired) electrons. The number of rotatable bonds is 4. The predicted molar refractivity (Wildman–Crippen MR) is 123 cm³/mol. The van der Waals surface area contributed by atoms with Crippen molar-refractivity contribution in [2.24, 2.45) is 0 Å². The van der Waals surface area contributed by atoms with Gasteiger partial charge in [0.1, 0.15) is 0 Å². The number of anilines is 3. The molecule has 5 nitrogen and oxygen atoms in total. The van der Waals surface area contributed by atoms with Crippen molar-refractivity contribution in [2.75, 3.05) is 49.5 Å². The number of hydrogen-bond acceptors (Lipinski definition) is 4. The average Bonchev–Trinajstić information content (AvgIpc) is 3.07. The number of nitrogens with one attached hydrogen (secondary N) is 2. The van der Waals surface area contributed by atoms with E-state index in [-0.39, 0.29) is 43.1 Å². The molecule has 154 valence electrons. The molecule has 2 N–H and O–H groups in total. The first-order valence-electron chi connectivity index (χ1n) is 8.98. The third kappa shape index (κ3) is 5.75. The molecule has 0 aliphatic carbocycles. The summed E-state index contributed by atoms with van der Waals surface area (Å²) in [7, 11) is 0. The third-order valence-electron chi connectivity index (χ3n) is 4.93. The van der Waals surface area contributed by atoms with Gasteiger partial charge in [0.2, 0.25) is 5.91 Å². The molecule has 1 saturated heterocycles. The summed E-state index contributed by atoms with van der Waals surface area (Å²) in [5.41, 5.74) is 4.72. The molecule has 0 bridgehead atoms. The van der Waals surface area contributed by atoms with Gasteiger partial charge in [0.05, 0.1) is 6.54 Å². The molecular formula is C20H27Cl3N4O. The molecule has 2 aliphatic rings. The lowest BCUT2D eigenvalue weighted by molar-refractivity contribution is -0.117. The molecule has 2 heterocycles. The first-order valence-corrected chi connectivity index (χ1v) is 8.98. The van der Waals surface area contributed by atoms with Crippen LogP contribution in [0.2, 0.25) is 0 Å². The van der Waals surface area contributed by atoms with Crippen molar-refractivity contribution < 1.29 is 4.79 Å². The summed E-state index contributed by atoms with van der Waals surface area (Å²) in [6.45, 7) is 5.25. The van der Waals surface area contributed by atoms with E-state index in [4.69, 9.17) is 0 Å². The van der Waals surface area contributed by atoms with Gasteiger partial charge in [-0.05, 0) is 42.3 Å². The van der Waals surface area contributed by atoms with Crippen LogP contribution >= 0.6 is 37.2 Å². The highest BCUT2D eigenvalue weighted by Crippen LogP contribution is 2.34. The fourth-order valence-corrected chi connectivity index (χ4v) is 3.60. The van der Waals surface area contributed by atoms with Crippen LogP contribution in [-0.4, -0.2) is 50.1 Å². The van der Waals surface area contributed by atoms with Gasteiger partial charge in [-0.3, -0.25) is 9.69 Å². The Hall–Kier alpha value is -1.50. The second-order valence-corrected chi connectivity index (χ2v) is 6.65. The Bertz CT molecular complexity index is 751. The number of para-hydroxylation sites is 1. The Morgan fingerprint density at radius 3 is 2.32 bits per heavy atom. The highest BCUT2D eigenvalue weighted by molar-refractivity contribution is 5.92.